The zero-order valence-electron chi connectivity index (χ0n) is 9.01. The molecular formula is C12H19NO. The van der Waals surface area contributed by atoms with Crippen molar-refractivity contribution in [3.05, 3.63) is 29.3 Å². The van der Waals surface area contributed by atoms with Crippen molar-refractivity contribution < 1.29 is 5.11 Å². The quantitative estimate of drug-likeness (QED) is 0.752. The summed E-state index contributed by atoms with van der Waals surface area (Å²) in [7, 11) is 0. The van der Waals surface area contributed by atoms with E-state index in [0.29, 0.717) is 0 Å². The Balaban J connectivity index is 2.83. The normalized spacial score (nSPS) is 10.2. The average Bonchev–Trinajstić information content (AvgIpc) is 2.19. The molecule has 1 aromatic rings. The van der Waals surface area contributed by atoms with Crippen molar-refractivity contribution in [2.75, 3.05) is 18.5 Å². The van der Waals surface area contributed by atoms with Crippen molar-refractivity contribution in [3.8, 4) is 0 Å². The second-order valence-corrected chi connectivity index (χ2v) is 3.50. The fourth-order valence-corrected chi connectivity index (χ4v) is 1.57. The number of aliphatic hydroxyl groups is 1. The van der Waals surface area contributed by atoms with E-state index in [2.05, 4.69) is 31.3 Å². The predicted octanol–water partition coefficient (Wildman–Crippen LogP) is 2.35. The molecule has 78 valence electrons. The van der Waals surface area contributed by atoms with Gasteiger partial charge in [-0.05, 0) is 37.0 Å². The summed E-state index contributed by atoms with van der Waals surface area (Å²) in [5.74, 6) is 0. The lowest BCUT2D eigenvalue weighted by Crippen LogP contribution is -2.05. The molecule has 2 N–H and O–H groups in total. The zero-order chi connectivity index (χ0) is 10.4. The van der Waals surface area contributed by atoms with Gasteiger partial charge in [-0.2, -0.15) is 0 Å². The van der Waals surface area contributed by atoms with E-state index >= 15 is 0 Å². The maximum Gasteiger partial charge on any atom is 0.0472 e. The van der Waals surface area contributed by atoms with Crippen LogP contribution in [-0.2, 0) is 6.42 Å². The fourth-order valence-electron chi connectivity index (χ4n) is 1.57. The molecule has 0 radical (unpaired) electrons. The van der Waals surface area contributed by atoms with Gasteiger partial charge in [0.15, 0.2) is 0 Å². The van der Waals surface area contributed by atoms with Crippen LogP contribution in [0.15, 0.2) is 18.2 Å². The first-order valence-electron chi connectivity index (χ1n) is 5.22. The number of aliphatic hydroxyl groups excluding tert-OH is 1. The van der Waals surface area contributed by atoms with Gasteiger partial charge in [0.05, 0.1) is 0 Å². The maximum absolute atomic E-state index is 8.97. The number of hydrogen-bond donors (Lipinski definition) is 2. The highest BCUT2D eigenvalue weighted by Crippen LogP contribution is 2.19. The number of anilines is 1. The minimum Gasteiger partial charge on any atom is -0.396 e. The van der Waals surface area contributed by atoms with Crippen LogP contribution in [0.1, 0.15) is 24.5 Å². The van der Waals surface area contributed by atoms with Crippen molar-refractivity contribution in [2.45, 2.75) is 26.7 Å². The summed E-state index contributed by atoms with van der Waals surface area (Å²) in [6.07, 6.45) is 1.85. The van der Waals surface area contributed by atoms with Crippen LogP contribution in [0, 0.1) is 6.92 Å². The van der Waals surface area contributed by atoms with Gasteiger partial charge in [-0.3, -0.25) is 0 Å². The Morgan fingerprint density at radius 1 is 1.36 bits per heavy atom. The van der Waals surface area contributed by atoms with Gasteiger partial charge in [0.1, 0.15) is 0 Å². The lowest BCUT2D eigenvalue weighted by atomic mass is 10.0. The van der Waals surface area contributed by atoms with E-state index in [9.17, 15) is 0 Å². The first-order chi connectivity index (χ1) is 6.79. The van der Waals surface area contributed by atoms with E-state index in [1.165, 1.54) is 16.8 Å². The highest BCUT2D eigenvalue weighted by molar-refractivity contribution is 5.54. The lowest BCUT2D eigenvalue weighted by molar-refractivity contribution is 0.299. The average molecular weight is 193 g/mol. The van der Waals surface area contributed by atoms with Crippen LogP contribution in [0.25, 0.3) is 0 Å². The minimum absolute atomic E-state index is 0.214. The van der Waals surface area contributed by atoms with Gasteiger partial charge >= 0.3 is 0 Å². The highest BCUT2D eigenvalue weighted by atomic mass is 16.2. The maximum atomic E-state index is 8.97. The minimum atomic E-state index is 0.214. The summed E-state index contributed by atoms with van der Waals surface area (Å²) in [6, 6.07) is 6.21. The Morgan fingerprint density at radius 3 is 2.79 bits per heavy atom. The Bertz CT molecular complexity index is 284. The Morgan fingerprint density at radius 2 is 2.14 bits per heavy atom. The molecule has 0 heterocycles. The number of aryl methyl sites for hydroxylation is 1. The second kappa shape index (κ2) is 5.66. The molecule has 0 spiro atoms. The van der Waals surface area contributed by atoms with Gasteiger partial charge in [0.2, 0.25) is 0 Å². The molecule has 1 rings (SSSR count). The van der Waals surface area contributed by atoms with E-state index in [1.807, 2.05) is 6.07 Å². The van der Waals surface area contributed by atoms with Gasteiger partial charge in [0.25, 0.3) is 0 Å². The van der Waals surface area contributed by atoms with Crippen LogP contribution in [0.3, 0.4) is 0 Å². The first kappa shape index (κ1) is 11.1. The van der Waals surface area contributed by atoms with E-state index in [-0.39, 0.29) is 6.61 Å². The first-order valence-corrected chi connectivity index (χ1v) is 5.22. The van der Waals surface area contributed by atoms with Gasteiger partial charge in [-0.15, -0.1) is 0 Å². The molecule has 0 aliphatic heterocycles. The number of hydrogen-bond acceptors (Lipinski definition) is 2. The molecule has 0 saturated heterocycles. The van der Waals surface area contributed by atoms with Gasteiger partial charge < -0.3 is 10.4 Å². The molecule has 0 fully saturated rings. The van der Waals surface area contributed by atoms with E-state index < -0.39 is 0 Å². The van der Waals surface area contributed by atoms with Crippen LogP contribution in [0.2, 0.25) is 0 Å². The molecule has 2 nitrogen and oxygen atoms in total. The third-order valence-electron chi connectivity index (χ3n) is 2.34. The SMILES string of the molecule is CCCNc1cccc(C)c1CCO. The largest absolute Gasteiger partial charge is 0.396 e. The van der Waals surface area contributed by atoms with Gasteiger partial charge in [0, 0.05) is 18.8 Å². The second-order valence-electron chi connectivity index (χ2n) is 3.50. The Kier molecular flexibility index (Phi) is 4.47. The number of benzene rings is 1. The van der Waals surface area contributed by atoms with Gasteiger partial charge in [-0.1, -0.05) is 19.1 Å². The van der Waals surface area contributed by atoms with E-state index in [4.69, 9.17) is 5.11 Å². The van der Waals surface area contributed by atoms with Crippen molar-refractivity contribution >= 4 is 5.69 Å². The molecule has 0 aliphatic carbocycles. The Hall–Kier alpha value is -1.02. The Labute approximate surface area is 86.0 Å². The molecule has 1 aromatic carbocycles. The highest BCUT2D eigenvalue weighted by Gasteiger charge is 2.03. The van der Waals surface area contributed by atoms with Crippen molar-refractivity contribution in [1.82, 2.24) is 0 Å². The predicted molar refractivity (Wildman–Crippen MR) is 60.7 cm³/mol. The smallest absolute Gasteiger partial charge is 0.0472 e. The summed E-state index contributed by atoms with van der Waals surface area (Å²) in [6.45, 7) is 5.43. The monoisotopic (exact) mass is 193 g/mol. The van der Waals surface area contributed by atoms with Crippen LogP contribution < -0.4 is 5.32 Å². The molecule has 0 amide bonds. The summed E-state index contributed by atoms with van der Waals surface area (Å²) in [4.78, 5) is 0. The molecule has 0 saturated carbocycles. The summed E-state index contributed by atoms with van der Waals surface area (Å²) < 4.78 is 0. The third-order valence-corrected chi connectivity index (χ3v) is 2.34. The number of nitrogens with one attached hydrogen (secondary N) is 1. The fraction of sp³-hybridized carbons (Fsp3) is 0.500. The standard InChI is InChI=1S/C12H19NO/c1-3-8-13-12-6-4-5-10(2)11(12)7-9-14/h4-6,13-14H,3,7-9H2,1-2H3. The van der Waals surface area contributed by atoms with Crippen LogP contribution in [0.5, 0.6) is 0 Å². The molecule has 14 heavy (non-hydrogen) atoms. The van der Waals surface area contributed by atoms with Crippen molar-refractivity contribution in [3.63, 3.8) is 0 Å². The third kappa shape index (κ3) is 2.74. The molecular weight excluding hydrogens is 174 g/mol. The zero-order valence-corrected chi connectivity index (χ0v) is 9.01. The van der Waals surface area contributed by atoms with Crippen LogP contribution in [-0.4, -0.2) is 18.3 Å². The molecule has 0 aromatic heterocycles. The molecule has 0 unspecified atom stereocenters. The summed E-state index contributed by atoms with van der Waals surface area (Å²) in [5.41, 5.74) is 3.66. The van der Waals surface area contributed by atoms with Crippen LogP contribution >= 0.6 is 0 Å². The topological polar surface area (TPSA) is 32.3 Å². The summed E-state index contributed by atoms with van der Waals surface area (Å²) in [5, 5.41) is 12.3. The van der Waals surface area contributed by atoms with Crippen LogP contribution in [0.4, 0.5) is 5.69 Å². The lowest BCUT2D eigenvalue weighted by Gasteiger charge is -2.13. The van der Waals surface area contributed by atoms with Crippen molar-refractivity contribution in [1.29, 1.82) is 0 Å². The molecule has 0 atom stereocenters. The van der Waals surface area contributed by atoms with Crippen molar-refractivity contribution in [2.24, 2.45) is 0 Å². The number of rotatable bonds is 5. The van der Waals surface area contributed by atoms with E-state index in [0.717, 1.165) is 19.4 Å². The molecule has 0 aliphatic rings. The summed E-state index contributed by atoms with van der Waals surface area (Å²) >= 11 is 0. The van der Waals surface area contributed by atoms with Gasteiger partial charge in [-0.25, -0.2) is 0 Å². The molecule has 2 heteroatoms. The molecule has 0 bridgehead atoms. The van der Waals surface area contributed by atoms with E-state index in [1.54, 1.807) is 0 Å².